The van der Waals surface area contributed by atoms with Crippen molar-refractivity contribution >= 4 is 11.9 Å². The minimum atomic E-state index is -1.52. The van der Waals surface area contributed by atoms with Gasteiger partial charge in [0.1, 0.15) is 0 Å². The number of aromatic carboxylic acids is 2. The fraction of sp³-hybridized carbons (Fsp3) is 0. The summed E-state index contributed by atoms with van der Waals surface area (Å²) in [4.78, 5) is 39.4. The molecule has 5 rings (SSSR count). The van der Waals surface area contributed by atoms with Gasteiger partial charge in [-0.25, -0.2) is 4.98 Å². The number of carbonyl (C=O) groups excluding carboxylic acids is 2. The summed E-state index contributed by atoms with van der Waals surface area (Å²) in [6, 6.07) is 19.4. The second-order valence-electron chi connectivity index (χ2n) is 6.93. The second kappa shape index (κ2) is 30.4. The van der Waals surface area contributed by atoms with Crippen molar-refractivity contribution in [3.63, 3.8) is 0 Å². The quantitative estimate of drug-likeness (QED) is 0.129. The molecule has 20 N–H and O–H groups in total. The molecule has 0 unspecified atom stereocenters. The van der Waals surface area contributed by atoms with E-state index in [1.54, 1.807) is 49.6 Å². The van der Waals surface area contributed by atoms with Gasteiger partial charge in [-0.2, -0.15) is 0 Å². The Bertz CT molecular complexity index is 1220. The summed E-state index contributed by atoms with van der Waals surface area (Å²) in [6.45, 7) is 0. The van der Waals surface area contributed by atoms with Gasteiger partial charge in [0.05, 0.1) is 23.3 Å². The van der Waals surface area contributed by atoms with Crippen LogP contribution in [-0.4, -0.2) is 58.8 Å². The SMILES string of the molecule is O.O.O.O.O=C([O-])c1cccc(C(=O)[O-])n1.[Mn+2].[OH3+].[OH3+].[OH3+].[OH3+].c1cc(-c2ccncc2)ccn1.c1cc(-c2ccncc2)ccn1. The average Bonchev–Trinajstić information content (AvgIpc) is 2.96. The Morgan fingerprint density at radius 2 is 0.622 bits per heavy atom. The van der Waals surface area contributed by atoms with E-state index in [1.165, 1.54) is 28.3 Å². The van der Waals surface area contributed by atoms with Crippen LogP contribution < -0.4 is 10.2 Å². The predicted octanol–water partition coefficient (Wildman–Crippen LogP) is -4.89. The summed E-state index contributed by atoms with van der Waals surface area (Å²) < 4.78 is 0. The van der Waals surface area contributed by atoms with Crippen molar-refractivity contribution in [3.8, 4) is 22.3 Å². The van der Waals surface area contributed by atoms with Crippen molar-refractivity contribution in [3.05, 3.63) is 128 Å². The van der Waals surface area contributed by atoms with E-state index < -0.39 is 23.3 Å². The minimum absolute atomic E-state index is 0. The van der Waals surface area contributed by atoms with E-state index in [2.05, 4.69) is 24.9 Å². The predicted molar refractivity (Wildman–Crippen MR) is 162 cm³/mol. The average molecular weight is 681 g/mol. The van der Waals surface area contributed by atoms with E-state index in [9.17, 15) is 19.8 Å². The molecule has 0 amide bonds. The van der Waals surface area contributed by atoms with Crippen LogP contribution in [0.4, 0.5) is 0 Å². The molecule has 18 heteroatoms. The van der Waals surface area contributed by atoms with E-state index in [-0.39, 0.29) is 60.9 Å². The zero-order valence-electron chi connectivity index (χ0n) is 23.5. The Labute approximate surface area is 267 Å². The summed E-state index contributed by atoms with van der Waals surface area (Å²) >= 11 is 0. The number of aromatic nitrogens is 5. The van der Waals surface area contributed by atoms with Crippen LogP contribution in [0, 0.1) is 0 Å². The molecule has 5 heterocycles. The van der Waals surface area contributed by atoms with E-state index in [0.29, 0.717) is 0 Å². The number of carbonyl (C=O) groups is 2. The maximum absolute atomic E-state index is 10.2. The van der Waals surface area contributed by atoms with Crippen molar-refractivity contribution in [2.75, 3.05) is 0 Å². The molecule has 17 nitrogen and oxygen atoms in total. The fourth-order valence-corrected chi connectivity index (χ4v) is 2.84. The molecule has 247 valence electrons. The van der Waals surface area contributed by atoms with Crippen LogP contribution in [0.5, 0.6) is 0 Å². The summed E-state index contributed by atoms with van der Waals surface area (Å²) in [5.74, 6) is -3.03. The smallest absolute Gasteiger partial charge is 0.543 e. The molecule has 0 fully saturated rings. The third-order valence-electron chi connectivity index (χ3n) is 4.56. The number of rotatable bonds is 4. The molecule has 0 saturated heterocycles. The number of pyridine rings is 5. The van der Waals surface area contributed by atoms with Gasteiger partial charge in [0, 0.05) is 49.6 Å². The Morgan fingerprint density at radius 3 is 0.800 bits per heavy atom. The van der Waals surface area contributed by atoms with Gasteiger partial charge in [-0.05, 0) is 82.9 Å². The number of nitrogens with zero attached hydrogens (tertiary/aromatic N) is 5. The zero-order chi connectivity index (χ0) is 25.6. The maximum atomic E-state index is 10.2. The Balaban J connectivity index is -0.0000000875. The molecular weight excluding hydrogens is 641 g/mol. The fourth-order valence-electron chi connectivity index (χ4n) is 2.84. The van der Waals surface area contributed by atoms with Gasteiger partial charge < -0.3 is 63.6 Å². The first-order valence-corrected chi connectivity index (χ1v) is 10.5. The molecule has 0 aliphatic rings. The molecule has 0 aliphatic carbocycles. The Kier molecular flexibility index (Phi) is 37.6. The molecule has 0 atom stereocenters. The van der Waals surface area contributed by atoms with Crippen LogP contribution in [0.25, 0.3) is 22.3 Å². The van der Waals surface area contributed by atoms with Gasteiger partial charge in [0.15, 0.2) is 0 Å². The third-order valence-corrected chi connectivity index (χ3v) is 4.56. The van der Waals surface area contributed by atoms with Crippen molar-refractivity contribution in [1.82, 2.24) is 24.9 Å². The van der Waals surface area contributed by atoms with Crippen LogP contribution in [0.1, 0.15) is 21.0 Å². The second-order valence-corrected chi connectivity index (χ2v) is 6.93. The van der Waals surface area contributed by atoms with E-state index in [0.717, 1.165) is 12.1 Å². The van der Waals surface area contributed by atoms with Crippen molar-refractivity contribution in [2.45, 2.75) is 0 Å². The molecule has 0 bridgehead atoms. The summed E-state index contributed by atoms with van der Waals surface area (Å²) in [7, 11) is 0. The number of hydrogen-bond acceptors (Lipinski definition) is 9. The molecule has 0 aromatic carbocycles. The molecule has 0 aliphatic heterocycles. The largest absolute Gasteiger partial charge is 2.00 e. The Hall–Kier alpha value is -5.11. The third kappa shape index (κ3) is 18.9. The number of hydrogen-bond donors (Lipinski definition) is 0. The first-order valence-electron chi connectivity index (χ1n) is 10.5. The van der Waals surface area contributed by atoms with Crippen LogP contribution in [0.15, 0.2) is 116 Å². The van der Waals surface area contributed by atoms with Crippen LogP contribution >= 0.6 is 0 Å². The molecular formula is C27H39MnN5O12+4. The molecule has 1 radical (unpaired) electrons. The van der Waals surface area contributed by atoms with Crippen molar-refractivity contribution in [1.29, 1.82) is 0 Å². The van der Waals surface area contributed by atoms with Gasteiger partial charge in [-0.15, -0.1) is 0 Å². The van der Waals surface area contributed by atoms with Crippen molar-refractivity contribution < 1.29 is 80.7 Å². The zero-order valence-corrected chi connectivity index (χ0v) is 24.7. The number of carboxylic acids is 2. The molecule has 5 aromatic heterocycles. The van der Waals surface area contributed by atoms with Gasteiger partial charge in [-0.3, -0.25) is 19.9 Å². The normalized spacial score (nSPS) is 7.64. The van der Waals surface area contributed by atoms with Gasteiger partial charge in [0.25, 0.3) is 0 Å². The van der Waals surface area contributed by atoms with Crippen LogP contribution in [-0.2, 0) is 39.0 Å². The van der Waals surface area contributed by atoms with Gasteiger partial charge >= 0.3 is 17.1 Å². The minimum Gasteiger partial charge on any atom is -0.543 e. The van der Waals surface area contributed by atoms with Gasteiger partial charge in [0.2, 0.25) is 0 Å². The summed E-state index contributed by atoms with van der Waals surface area (Å²) in [5, 5.41) is 20.4. The summed E-state index contributed by atoms with van der Waals surface area (Å²) in [5.41, 5.74) is 3.85. The first kappa shape index (κ1) is 55.8. The first-order chi connectivity index (χ1) is 17.5. The molecule has 0 spiro atoms. The molecule has 5 aromatic rings. The van der Waals surface area contributed by atoms with E-state index >= 15 is 0 Å². The maximum Gasteiger partial charge on any atom is 2.00 e. The summed E-state index contributed by atoms with van der Waals surface area (Å²) in [6.07, 6.45) is 14.3. The topological polar surface area (TPSA) is 403 Å². The van der Waals surface area contributed by atoms with Crippen molar-refractivity contribution in [2.24, 2.45) is 0 Å². The van der Waals surface area contributed by atoms with Crippen LogP contribution in [0.2, 0.25) is 0 Å². The van der Waals surface area contributed by atoms with Gasteiger partial charge in [-0.1, -0.05) is 6.07 Å². The Morgan fingerprint density at radius 1 is 0.422 bits per heavy atom. The standard InChI is InChI=1S/2C10H8N2.C7H5NO4.Mn.8H2O/c2*1-5-11-6-2-9(1)10-3-7-12-8-4-10;9-6(10)4-2-1-3-5(8-4)7(11)12;;;;;;;;;/h2*1-8H;1-3H,(H,9,10)(H,11,12);;8*1H2/q;;;+2;;;;;;;;/p+2. The molecule has 45 heavy (non-hydrogen) atoms. The van der Waals surface area contributed by atoms with Crippen LogP contribution in [0.3, 0.4) is 0 Å². The number of carboxylic acid groups (broad SMARTS) is 2. The monoisotopic (exact) mass is 680 g/mol. The van der Waals surface area contributed by atoms with E-state index in [4.69, 9.17) is 0 Å². The van der Waals surface area contributed by atoms with E-state index in [1.807, 2.05) is 48.5 Å². The molecule has 0 saturated carbocycles.